The van der Waals surface area contributed by atoms with Crippen LogP contribution in [-0.4, -0.2) is 54.7 Å². The van der Waals surface area contributed by atoms with Gasteiger partial charge in [-0.1, -0.05) is 23.7 Å². The van der Waals surface area contributed by atoms with Crippen molar-refractivity contribution in [1.29, 1.82) is 0 Å². The lowest BCUT2D eigenvalue weighted by atomic mass is 10.0. The van der Waals surface area contributed by atoms with E-state index < -0.39 is 6.10 Å². The number of hydrogen-bond donors (Lipinski definition) is 1. The number of aliphatic hydroxyl groups excluding tert-OH is 1. The van der Waals surface area contributed by atoms with Gasteiger partial charge in [0, 0.05) is 25.0 Å². The standard InChI is InChI=1S/C15H19ClN2O2/c1-17-6-7-18(2)12(9-17)14(19)13-8-10-4-3-5-11(16)15(10)20-13/h3-5,8,12,14,19H,6-7,9H2,1-2H3. The van der Waals surface area contributed by atoms with Gasteiger partial charge in [-0.2, -0.15) is 0 Å². The Bertz CT molecular complexity index is 613. The molecule has 1 aromatic heterocycles. The molecule has 0 radical (unpaired) electrons. The summed E-state index contributed by atoms with van der Waals surface area (Å²) in [5.74, 6) is 0.584. The summed E-state index contributed by atoms with van der Waals surface area (Å²) in [6.07, 6.45) is -0.647. The van der Waals surface area contributed by atoms with Gasteiger partial charge in [0.2, 0.25) is 0 Å². The second-order valence-corrected chi connectivity index (χ2v) is 5.97. The van der Waals surface area contributed by atoms with E-state index in [2.05, 4.69) is 16.8 Å². The fourth-order valence-corrected chi connectivity index (χ4v) is 2.99. The van der Waals surface area contributed by atoms with Gasteiger partial charge in [0.05, 0.1) is 11.1 Å². The van der Waals surface area contributed by atoms with Gasteiger partial charge >= 0.3 is 0 Å². The van der Waals surface area contributed by atoms with Crippen molar-refractivity contribution in [3.05, 3.63) is 35.0 Å². The van der Waals surface area contributed by atoms with E-state index in [0.717, 1.165) is 25.0 Å². The Labute approximate surface area is 123 Å². The van der Waals surface area contributed by atoms with Crippen molar-refractivity contribution in [2.75, 3.05) is 33.7 Å². The SMILES string of the molecule is CN1CCN(C)C(C(O)c2cc3cccc(Cl)c3o2)C1. The van der Waals surface area contributed by atoms with Crippen LogP contribution in [0.5, 0.6) is 0 Å². The van der Waals surface area contributed by atoms with Crippen LogP contribution in [0.1, 0.15) is 11.9 Å². The first-order valence-electron chi connectivity index (χ1n) is 6.81. The Morgan fingerprint density at radius 2 is 2.15 bits per heavy atom. The van der Waals surface area contributed by atoms with Crippen molar-refractivity contribution in [2.45, 2.75) is 12.1 Å². The summed E-state index contributed by atoms with van der Waals surface area (Å²) in [6, 6.07) is 7.54. The number of likely N-dealkylation sites (N-methyl/N-ethyl adjacent to an activating group) is 2. The summed E-state index contributed by atoms with van der Waals surface area (Å²) < 4.78 is 5.77. The van der Waals surface area contributed by atoms with Crippen LogP contribution in [0.25, 0.3) is 11.0 Å². The van der Waals surface area contributed by atoms with Crippen LogP contribution in [-0.2, 0) is 0 Å². The van der Waals surface area contributed by atoms with Crippen molar-refractivity contribution < 1.29 is 9.52 Å². The number of furan rings is 1. The molecule has 0 aliphatic carbocycles. The number of piperazine rings is 1. The largest absolute Gasteiger partial charge is 0.457 e. The topological polar surface area (TPSA) is 39.9 Å². The highest BCUT2D eigenvalue weighted by atomic mass is 35.5. The normalized spacial score (nSPS) is 23.3. The molecule has 1 aliphatic heterocycles. The molecule has 0 saturated carbocycles. The molecule has 2 heterocycles. The lowest BCUT2D eigenvalue weighted by Crippen LogP contribution is -2.52. The van der Waals surface area contributed by atoms with E-state index in [1.54, 1.807) is 6.07 Å². The van der Waals surface area contributed by atoms with E-state index >= 15 is 0 Å². The van der Waals surface area contributed by atoms with Gasteiger partial charge in [-0.3, -0.25) is 4.90 Å². The number of hydrogen-bond acceptors (Lipinski definition) is 4. The fraction of sp³-hybridized carbons (Fsp3) is 0.467. The number of para-hydroxylation sites is 1. The van der Waals surface area contributed by atoms with Gasteiger partial charge in [-0.05, 0) is 26.2 Å². The van der Waals surface area contributed by atoms with E-state index in [-0.39, 0.29) is 6.04 Å². The highest BCUT2D eigenvalue weighted by Gasteiger charge is 2.31. The first kappa shape index (κ1) is 13.9. The predicted octanol–water partition coefficient (Wildman–Crippen LogP) is 2.37. The van der Waals surface area contributed by atoms with Gasteiger partial charge in [0.25, 0.3) is 0 Å². The summed E-state index contributed by atoms with van der Waals surface area (Å²) in [4.78, 5) is 4.41. The number of nitrogens with zero attached hydrogens (tertiary/aromatic N) is 2. The Hall–Kier alpha value is -1.07. The second kappa shape index (κ2) is 5.37. The lowest BCUT2D eigenvalue weighted by Gasteiger charge is -2.39. The molecule has 5 heteroatoms. The molecule has 1 aliphatic rings. The van der Waals surface area contributed by atoms with Crippen molar-refractivity contribution in [3.63, 3.8) is 0 Å². The molecule has 1 fully saturated rings. The van der Waals surface area contributed by atoms with Gasteiger partial charge in [0.1, 0.15) is 11.9 Å². The van der Waals surface area contributed by atoms with Gasteiger partial charge in [0.15, 0.2) is 5.58 Å². The molecule has 1 N–H and O–H groups in total. The number of halogens is 1. The summed E-state index contributed by atoms with van der Waals surface area (Å²) >= 11 is 6.12. The van der Waals surface area contributed by atoms with Crippen molar-refractivity contribution in [3.8, 4) is 0 Å². The van der Waals surface area contributed by atoms with Crippen LogP contribution < -0.4 is 0 Å². The molecule has 0 spiro atoms. The average molecular weight is 295 g/mol. The number of fused-ring (bicyclic) bond motifs is 1. The van der Waals surface area contributed by atoms with E-state index in [1.165, 1.54) is 0 Å². The molecule has 3 rings (SSSR count). The van der Waals surface area contributed by atoms with Gasteiger partial charge < -0.3 is 14.4 Å². The minimum Gasteiger partial charge on any atom is -0.457 e. The monoisotopic (exact) mass is 294 g/mol. The minimum atomic E-state index is -0.647. The average Bonchev–Trinajstić information content (AvgIpc) is 2.86. The molecule has 1 aromatic carbocycles. The maximum atomic E-state index is 10.6. The molecule has 2 aromatic rings. The predicted molar refractivity (Wildman–Crippen MR) is 80.1 cm³/mol. The van der Waals surface area contributed by atoms with Crippen LogP contribution in [0.4, 0.5) is 0 Å². The van der Waals surface area contributed by atoms with E-state index in [1.807, 2.05) is 25.2 Å². The van der Waals surface area contributed by atoms with Gasteiger partial charge in [-0.15, -0.1) is 0 Å². The Morgan fingerprint density at radius 1 is 1.35 bits per heavy atom. The van der Waals surface area contributed by atoms with Crippen LogP contribution in [0.2, 0.25) is 5.02 Å². The summed E-state index contributed by atoms with van der Waals surface area (Å²) in [7, 11) is 4.11. The maximum absolute atomic E-state index is 10.6. The molecule has 20 heavy (non-hydrogen) atoms. The van der Waals surface area contributed by atoms with E-state index in [0.29, 0.717) is 16.4 Å². The van der Waals surface area contributed by atoms with E-state index in [9.17, 15) is 5.11 Å². The number of rotatable bonds is 2. The zero-order valence-electron chi connectivity index (χ0n) is 11.7. The minimum absolute atomic E-state index is 0.0353. The van der Waals surface area contributed by atoms with Crippen molar-refractivity contribution >= 4 is 22.6 Å². The third-order valence-electron chi connectivity index (χ3n) is 4.07. The zero-order chi connectivity index (χ0) is 14.3. The molecule has 0 amide bonds. The highest BCUT2D eigenvalue weighted by Crippen LogP contribution is 2.32. The maximum Gasteiger partial charge on any atom is 0.152 e. The second-order valence-electron chi connectivity index (χ2n) is 5.56. The summed E-state index contributed by atoms with van der Waals surface area (Å²) in [5, 5.41) is 12.1. The van der Waals surface area contributed by atoms with Crippen molar-refractivity contribution in [1.82, 2.24) is 9.80 Å². The quantitative estimate of drug-likeness (QED) is 0.923. The molecule has 1 saturated heterocycles. The third-order valence-corrected chi connectivity index (χ3v) is 4.37. The molecular weight excluding hydrogens is 276 g/mol. The third kappa shape index (κ3) is 2.44. The molecule has 2 atom stereocenters. The smallest absolute Gasteiger partial charge is 0.152 e. The first-order chi connectivity index (χ1) is 9.56. The zero-order valence-corrected chi connectivity index (χ0v) is 12.5. The summed E-state index contributed by atoms with van der Waals surface area (Å²) in [5.41, 5.74) is 0.648. The van der Waals surface area contributed by atoms with E-state index in [4.69, 9.17) is 16.0 Å². The Morgan fingerprint density at radius 3 is 2.90 bits per heavy atom. The summed E-state index contributed by atoms with van der Waals surface area (Å²) in [6.45, 7) is 2.79. The highest BCUT2D eigenvalue weighted by molar-refractivity contribution is 6.34. The molecular formula is C15H19ClN2O2. The molecule has 2 unspecified atom stereocenters. The molecule has 0 bridgehead atoms. The van der Waals surface area contributed by atoms with Gasteiger partial charge in [-0.25, -0.2) is 0 Å². The molecule has 4 nitrogen and oxygen atoms in total. The Balaban J connectivity index is 1.91. The number of aliphatic hydroxyl groups is 1. The van der Waals surface area contributed by atoms with Crippen LogP contribution in [0, 0.1) is 0 Å². The van der Waals surface area contributed by atoms with Crippen LogP contribution >= 0.6 is 11.6 Å². The van der Waals surface area contributed by atoms with Crippen molar-refractivity contribution in [2.24, 2.45) is 0 Å². The molecule has 108 valence electrons. The lowest BCUT2D eigenvalue weighted by molar-refractivity contribution is 0.00408. The van der Waals surface area contributed by atoms with Crippen LogP contribution in [0.15, 0.2) is 28.7 Å². The first-order valence-corrected chi connectivity index (χ1v) is 7.19. The Kier molecular flexibility index (Phi) is 3.73. The fourth-order valence-electron chi connectivity index (χ4n) is 2.77. The number of benzene rings is 1. The van der Waals surface area contributed by atoms with Crippen LogP contribution in [0.3, 0.4) is 0 Å².